The van der Waals surface area contributed by atoms with Crippen LogP contribution in [0.4, 0.5) is 0 Å². The summed E-state index contributed by atoms with van der Waals surface area (Å²) in [4.78, 5) is 13.9. The molecule has 1 heterocycles. The quantitative estimate of drug-likeness (QED) is 0.718. The van der Waals surface area contributed by atoms with E-state index in [0.29, 0.717) is 13.2 Å². The van der Waals surface area contributed by atoms with Crippen LogP contribution in [0.25, 0.3) is 0 Å². The van der Waals surface area contributed by atoms with Gasteiger partial charge in [-0.1, -0.05) is 18.2 Å². The molecule has 21 heavy (non-hydrogen) atoms. The molecule has 0 aromatic heterocycles. The number of amides is 1. The number of likely N-dealkylation sites (tertiary alicyclic amines) is 1. The average molecular weight is 293 g/mol. The molecule has 0 unspecified atom stereocenters. The highest BCUT2D eigenvalue weighted by atomic mass is 16.5. The second-order valence-corrected chi connectivity index (χ2v) is 5.05. The number of carbonyl (C=O) groups is 1. The smallest absolute Gasteiger partial charge is 0.260 e. The van der Waals surface area contributed by atoms with Crippen molar-refractivity contribution in [3.8, 4) is 5.75 Å². The van der Waals surface area contributed by atoms with Gasteiger partial charge in [-0.3, -0.25) is 4.79 Å². The highest BCUT2D eigenvalue weighted by molar-refractivity contribution is 5.77. The van der Waals surface area contributed by atoms with Gasteiger partial charge in [-0.15, -0.1) is 0 Å². The molecule has 1 saturated heterocycles. The van der Waals surface area contributed by atoms with Crippen molar-refractivity contribution in [2.75, 3.05) is 40.0 Å². The summed E-state index contributed by atoms with van der Waals surface area (Å²) in [7, 11) is 1.66. The number of hydrogen-bond donors (Lipinski definition) is 0. The van der Waals surface area contributed by atoms with Gasteiger partial charge in [0.25, 0.3) is 5.91 Å². The molecule has 1 aromatic rings. The largest absolute Gasteiger partial charge is 0.484 e. The lowest BCUT2D eigenvalue weighted by Gasteiger charge is -2.31. The van der Waals surface area contributed by atoms with Crippen LogP contribution in [0.15, 0.2) is 30.3 Å². The van der Waals surface area contributed by atoms with Crippen LogP contribution >= 0.6 is 0 Å². The molecule has 1 aliphatic rings. The Labute approximate surface area is 125 Å². The van der Waals surface area contributed by atoms with E-state index >= 15 is 0 Å². The molecule has 0 bridgehead atoms. The van der Waals surface area contributed by atoms with Gasteiger partial charge in [-0.05, 0) is 25.0 Å². The Morgan fingerprint density at radius 2 is 1.90 bits per heavy atom. The van der Waals surface area contributed by atoms with Gasteiger partial charge in [0.05, 0.1) is 19.3 Å². The number of piperidine rings is 1. The molecule has 0 spiro atoms. The maximum atomic E-state index is 12.1. The number of carbonyl (C=O) groups excluding carboxylic acids is 1. The van der Waals surface area contributed by atoms with E-state index in [1.807, 2.05) is 35.2 Å². The van der Waals surface area contributed by atoms with Gasteiger partial charge in [0, 0.05) is 20.2 Å². The van der Waals surface area contributed by atoms with E-state index in [0.717, 1.165) is 31.7 Å². The third-order valence-corrected chi connectivity index (χ3v) is 3.54. The van der Waals surface area contributed by atoms with Crippen LogP contribution in [0.3, 0.4) is 0 Å². The summed E-state index contributed by atoms with van der Waals surface area (Å²) >= 11 is 0. The van der Waals surface area contributed by atoms with E-state index in [9.17, 15) is 4.79 Å². The minimum Gasteiger partial charge on any atom is -0.484 e. The Morgan fingerprint density at radius 3 is 2.57 bits per heavy atom. The predicted molar refractivity (Wildman–Crippen MR) is 79.4 cm³/mol. The molecule has 1 aromatic carbocycles. The highest BCUT2D eigenvalue weighted by Crippen LogP contribution is 2.14. The summed E-state index contributed by atoms with van der Waals surface area (Å²) in [6.07, 6.45) is 1.99. The zero-order valence-corrected chi connectivity index (χ0v) is 12.5. The Kier molecular flexibility index (Phi) is 6.50. The Bertz CT molecular complexity index is 416. The number of hydrogen-bond acceptors (Lipinski definition) is 4. The lowest BCUT2D eigenvalue weighted by molar-refractivity contribution is -0.136. The van der Waals surface area contributed by atoms with Gasteiger partial charge in [-0.25, -0.2) is 0 Å². The van der Waals surface area contributed by atoms with E-state index in [2.05, 4.69) is 0 Å². The fourth-order valence-electron chi connectivity index (χ4n) is 2.32. The van der Waals surface area contributed by atoms with Crippen LogP contribution in [0.2, 0.25) is 0 Å². The number of nitrogens with zero attached hydrogens (tertiary/aromatic N) is 1. The lowest BCUT2D eigenvalue weighted by Crippen LogP contribution is -2.43. The first kappa shape index (κ1) is 15.8. The molecular formula is C16H23NO4. The van der Waals surface area contributed by atoms with E-state index in [1.54, 1.807) is 7.11 Å². The standard InChI is InChI=1S/C16H23NO4/c1-19-11-12-20-15-7-9-17(10-8-15)16(18)13-21-14-5-3-2-4-6-14/h2-6,15H,7-13H2,1H3. The van der Waals surface area contributed by atoms with Crippen LogP contribution in [-0.2, 0) is 14.3 Å². The van der Waals surface area contributed by atoms with E-state index in [-0.39, 0.29) is 18.6 Å². The van der Waals surface area contributed by atoms with E-state index < -0.39 is 0 Å². The number of methoxy groups -OCH3 is 1. The van der Waals surface area contributed by atoms with Crippen molar-refractivity contribution in [3.05, 3.63) is 30.3 Å². The Hall–Kier alpha value is -1.59. The molecule has 0 atom stereocenters. The van der Waals surface area contributed by atoms with Gasteiger partial charge in [0.1, 0.15) is 5.75 Å². The predicted octanol–water partition coefficient (Wildman–Crippen LogP) is 1.72. The Balaban J connectivity index is 1.66. The molecular weight excluding hydrogens is 270 g/mol. The first-order chi connectivity index (χ1) is 10.3. The van der Waals surface area contributed by atoms with Crippen LogP contribution in [-0.4, -0.2) is 56.9 Å². The fraction of sp³-hybridized carbons (Fsp3) is 0.562. The summed E-state index contributed by atoms with van der Waals surface area (Å²) in [6.45, 7) is 2.79. The molecule has 1 amide bonds. The summed E-state index contributed by atoms with van der Waals surface area (Å²) < 4.78 is 16.1. The summed E-state index contributed by atoms with van der Waals surface area (Å²) in [5, 5.41) is 0. The van der Waals surface area contributed by atoms with Crippen molar-refractivity contribution >= 4 is 5.91 Å². The summed E-state index contributed by atoms with van der Waals surface area (Å²) in [5.74, 6) is 0.762. The van der Waals surface area contributed by atoms with Crippen molar-refractivity contribution in [1.82, 2.24) is 4.90 Å². The third-order valence-electron chi connectivity index (χ3n) is 3.54. The molecule has 0 aliphatic carbocycles. The zero-order chi connectivity index (χ0) is 14.9. The topological polar surface area (TPSA) is 48.0 Å². The van der Waals surface area contributed by atoms with Crippen LogP contribution in [0.5, 0.6) is 5.75 Å². The van der Waals surface area contributed by atoms with Crippen molar-refractivity contribution in [2.45, 2.75) is 18.9 Å². The second-order valence-electron chi connectivity index (χ2n) is 5.05. The minimum atomic E-state index is 0.0363. The minimum absolute atomic E-state index is 0.0363. The molecule has 116 valence electrons. The van der Waals surface area contributed by atoms with Gasteiger partial charge < -0.3 is 19.1 Å². The fourth-order valence-corrected chi connectivity index (χ4v) is 2.32. The molecule has 0 saturated carbocycles. The summed E-state index contributed by atoms with van der Waals surface area (Å²) in [6, 6.07) is 9.40. The molecule has 1 fully saturated rings. The number of para-hydroxylation sites is 1. The van der Waals surface area contributed by atoms with Gasteiger partial charge >= 0.3 is 0 Å². The first-order valence-corrected chi connectivity index (χ1v) is 7.36. The molecule has 5 heteroatoms. The lowest BCUT2D eigenvalue weighted by atomic mass is 10.1. The van der Waals surface area contributed by atoms with Crippen LogP contribution in [0.1, 0.15) is 12.8 Å². The average Bonchev–Trinajstić information content (AvgIpc) is 2.54. The van der Waals surface area contributed by atoms with Crippen LogP contribution in [0, 0.1) is 0 Å². The molecule has 0 radical (unpaired) electrons. The van der Waals surface area contributed by atoms with Gasteiger partial charge in [-0.2, -0.15) is 0 Å². The molecule has 1 aliphatic heterocycles. The van der Waals surface area contributed by atoms with E-state index in [1.165, 1.54) is 0 Å². The van der Waals surface area contributed by atoms with Gasteiger partial charge in [0.2, 0.25) is 0 Å². The van der Waals surface area contributed by atoms with E-state index in [4.69, 9.17) is 14.2 Å². The number of rotatable bonds is 7. The van der Waals surface area contributed by atoms with Crippen molar-refractivity contribution in [1.29, 1.82) is 0 Å². The molecule has 0 N–H and O–H groups in total. The monoisotopic (exact) mass is 293 g/mol. The third kappa shape index (κ3) is 5.36. The zero-order valence-electron chi connectivity index (χ0n) is 12.5. The maximum absolute atomic E-state index is 12.1. The van der Waals surface area contributed by atoms with Crippen molar-refractivity contribution in [3.63, 3.8) is 0 Å². The van der Waals surface area contributed by atoms with Gasteiger partial charge in [0.15, 0.2) is 6.61 Å². The summed E-state index contributed by atoms with van der Waals surface area (Å²) in [5.41, 5.74) is 0. The van der Waals surface area contributed by atoms with Crippen LogP contribution < -0.4 is 4.74 Å². The number of benzene rings is 1. The first-order valence-electron chi connectivity index (χ1n) is 7.36. The Morgan fingerprint density at radius 1 is 1.19 bits per heavy atom. The molecule has 5 nitrogen and oxygen atoms in total. The normalized spacial score (nSPS) is 16.0. The van der Waals surface area contributed by atoms with Crippen molar-refractivity contribution in [2.24, 2.45) is 0 Å². The SMILES string of the molecule is COCCOC1CCN(C(=O)COc2ccccc2)CC1. The van der Waals surface area contributed by atoms with Crippen molar-refractivity contribution < 1.29 is 19.0 Å². The molecule has 2 rings (SSSR count). The second kappa shape index (κ2) is 8.64. The number of ether oxygens (including phenoxy) is 3. The highest BCUT2D eigenvalue weighted by Gasteiger charge is 2.23. The maximum Gasteiger partial charge on any atom is 0.260 e.